The minimum Gasteiger partial charge on any atom is -0.616 e. The molecule has 1 radical (unpaired) electrons. The highest BCUT2D eigenvalue weighted by Crippen LogP contribution is 2.21. The molecule has 0 aliphatic rings. The topological polar surface area (TPSA) is 84.7 Å². The zero-order chi connectivity index (χ0) is 25.7. The molecule has 0 aliphatic heterocycles. The predicted octanol–water partition coefficient (Wildman–Crippen LogP) is 6.56. The van der Waals surface area contributed by atoms with Gasteiger partial charge in [-0.15, -0.1) is 0 Å². The van der Waals surface area contributed by atoms with Crippen LogP contribution in [0.3, 0.4) is 0 Å². The Morgan fingerprint density at radius 2 is 0.865 bits per heavy atom. The third kappa shape index (κ3) is 7.71. The lowest BCUT2D eigenvalue weighted by atomic mass is 10.2. The maximum Gasteiger partial charge on any atom is 0.881 e. The molecule has 6 nitrogen and oxygen atoms in total. The summed E-state index contributed by atoms with van der Waals surface area (Å²) < 4.78 is 10.9. The summed E-state index contributed by atoms with van der Waals surface area (Å²) >= 11 is -0.499. The number of aromatic nitrogens is 2. The third-order valence-electron chi connectivity index (χ3n) is 5.08. The van der Waals surface area contributed by atoms with Crippen LogP contribution in [0.1, 0.15) is 0 Å². The fraction of sp³-hybridized carbons (Fsp3) is 0. The van der Waals surface area contributed by atoms with Crippen molar-refractivity contribution in [3.63, 3.8) is 0 Å². The Hall–Kier alpha value is -4.57. The molecule has 7 heteroatoms. The van der Waals surface area contributed by atoms with E-state index in [2.05, 4.69) is 9.97 Å². The molecule has 0 atom stereocenters. The first kappa shape index (κ1) is 25.5. The zero-order valence-electron chi connectivity index (χ0n) is 19.9. The second-order valence-electron chi connectivity index (χ2n) is 7.66. The normalized spacial score (nSPS) is 9.84. The Bertz CT molecular complexity index is 1410. The van der Waals surface area contributed by atoms with Crippen LogP contribution in [0.25, 0.3) is 21.8 Å². The highest BCUT2D eigenvalue weighted by molar-refractivity contribution is 6.20. The van der Waals surface area contributed by atoms with Crippen molar-refractivity contribution in [2.75, 3.05) is 0 Å². The van der Waals surface area contributed by atoms with E-state index in [4.69, 9.17) is 7.58 Å². The van der Waals surface area contributed by atoms with Gasteiger partial charge in [0.25, 0.3) is 0 Å². The van der Waals surface area contributed by atoms with Gasteiger partial charge in [-0.05, 0) is 48.5 Å². The van der Waals surface area contributed by atoms with Crippen LogP contribution in [-0.2, 0) is 0 Å². The van der Waals surface area contributed by atoms with Gasteiger partial charge in [-0.25, -0.2) is 0 Å². The van der Waals surface area contributed by atoms with Gasteiger partial charge in [-0.3, -0.25) is 9.97 Å². The van der Waals surface area contributed by atoms with Gasteiger partial charge in [0.1, 0.15) is 22.5 Å². The van der Waals surface area contributed by atoms with Crippen LogP contribution in [0, 0.1) is 0 Å². The number of fused-ring (bicyclic) bond motifs is 2. The minimum absolute atomic E-state index is 0.239. The number of phenols is 2. The van der Waals surface area contributed by atoms with E-state index in [0.717, 1.165) is 22.3 Å². The van der Waals surface area contributed by atoms with Gasteiger partial charge in [0.15, 0.2) is 0 Å². The van der Waals surface area contributed by atoms with Crippen LogP contribution >= 0.6 is 0 Å². The number of aromatic hydroxyl groups is 2. The molecule has 2 N–H and O–H groups in total. The number of rotatable bonds is 4. The molecular formula is C30H24AlN2O4. The van der Waals surface area contributed by atoms with Gasteiger partial charge in [0.05, 0.1) is 11.5 Å². The fourth-order valence-corrected chi connectivity index (χ4v) is 3.89. The molecular weight excluding hydrogens is 479 g/mol. The van der Waals surface area contributed by atoms with Crippen LogP contribution in [0.2, 0.25) is 0 Å². The molecule has 0 saturated carbocycles. The van der Waals surface area contributed by atoms with Crippen molar-refractivity contribution in [3.05, 3.63) is 134 Å². The smallest absolute Gasteiger partial charge is 0.616 e. The van der Waals surface area contributed by atoms with Crippen LogP contribution in [-0.4, -0.2) is 36.1 Å². The van der Waals surface area contributed by atoms with Crippen molar-refractivity contribution in [2.45, 2.75) is 0 Å². The third-order valence-corrected chi connectivity index (χ3v) is 5.81. The van der Waals surface area contributed by atoms with Gasteiger partial charge in [0, 0.05) is 23.2 Å². The summed E-state index contributed by atoms with van der Waals surface area (Å²) in [6.07, 6.45) is 3.34. The number of hydrogen-bond donors (Lipinski definition) is 2. The van der Waals surface area contributed by atoms with Crippen LogP contribution < -0.4 is 7.58 Å². The lowest BCUT2D eigenvalue weighted by Crippen LogP contribution is -2.10. The van der Waals surface area contributed by atoms with Crippen LogP contribution in [0.15, 0.2) is 134 Å². The molecule has 37 heavy (non-hydrogen) atoms. The summed E-state index contributed by atoms with van der Waals surface area (Å²) in [5.41, 5.74) is 1.32. The van der Waals surface area contributed by atoms with Crippen LogP contribution in [0.5, 0.6) is 23.0 Å². The summed E-state index contributed by atoms with van der Waals surface area (Å²) in [5, 5.41) is 20.5. The molecule has 2 aromatic heterocycles. The van der Waals surface area contributed by atoms with Crippen LogP contribution in [0.4, 0.5) is 0 Å². The number of pyridine rings is 2. The van der Waals surface area contributed by atoms with Gasteiger partial charge in [-0.2, -0.15) is 0 Å². The predicted molar refractivity (Wildman–Crippen MR) is 147 cm³/mol. The molecule has 181 valence electrons. The van der Waals surface area contributed by atoms with Crippen molar-refractivity contribution in [3.8, 4) is 23.0 Å². The maximum atomic E-state index is 9.31. The van der Waals surface area contributed by atoms with Crippen molar-refractivity contribution in [1.29, 1.82) is 0 Å². The van der Waals surface area contributed by atoms with Gasteiger partial charge in [-0.1, -0.05) is 72.8 Å². The summed E-state index contributed by atoms with van der Waals surface area (Å²) in [6, 6.07) is 37.6. The molecule has 2 heterocycles. The summed E-state index contributed by atoms with van der Waals surface area (Å²) in [7, 11) is 0. The van der Waals surface area contributed by atoms with Crippen molar-refractivity contribution >= 4 is 37.7 Å². The minimum atomic E-state index is -0.499. The average Bonchev–Trinajstić information content (AvgIpc) is 2.96. The first-order chi connectivity index (χ1) is 18.2. The van der Waals surface area contributed by atoms with Gasteiger partial charge in [0.2, 0.25) is 0 Å². The Balaban J connectivity index is 0.000000132. The molecule has 6 rings (SSSR count). The number of hydrogen-bond acceptors (Lipinski definition) is 6. The van der Waals surface area contributed by atoms with Gasteiger partial charge < -0.3 is 17.8 Å². The van der Waals surface area contributed by atoms with Crippen molar-refractivity contribution in [1.82, 2.24) is 9.97 Å². The number of benzene rings is 4. The Labute approximate surface area is 221 Å². The first-order valence-electron chi connectivity index (χ1n) is 11.5. The quantitative estimate of drug-likeness (QED) is 0.265. The van der Waals surface area contributed by atoms with E-state index in [1.165, 1.54) is 0 Å². The number of phenolic OH excluding ortho intramolecular Hbond substituents is 2. The summed E-state index contributed by atoms with van der Waals surface area (Å²) in [4.78, 5) is 8.06. The van der Waals surface area contributed by atoms with E-state index in [1.807, 2.05) is 97.1 Å². The van der Waals surface area contributed by atoms with E-state index in [9.17, 15) is 10.2 Å². The molecule has 0 unspecified atom stereocenters. The van der Waals surface area contributed by atoms with E-state index < -0.39 is 15.9 Å². The molecule has 0 aliphatic carbocycles. The molecule has 0 bridgehead atoms. The van der Waals surface area contributed by atoms with E-state index in [-0.39, 0.29) is 11.5 Å². The highest BCUT2D eigenvalue weighted by atomic mass is 27.2. The lowest BCUT2D eigenvalue weighted by Gasteiger charge is -2.07. The highest BCUT2D eigenvalue weighted by Gasteiger charge is 2.04. The maximum absolute atomic E-state index is 9.31. The SMILES string of the molecule is Oc1cccc2cccnc12.Oc1cccc2cccnc12.c1ccc([O][Al][O]c2ccccc2)cc1. The molecule has 0 amide bonds. The standard InChI is InChI=1S/2C9H7NO.2C6H6O.Al/c2*11-8-5-1-3-7-4-2-6-10-9(7)8;2*7-6-4-2-1-3-5-6;/h2*1-6,11H;2*1-5,7H;/q;;;;+2/p-2. The Morgan fingerprint density at radius 1 is 0.459 bits per heavy atom. The van der Waals surface area contributed by atoms with E-state index in [0.29, 0.717) is 11.0 Å². The van der Waals surface area contributed by atoms with E-state index >= 15 is 0 Å². The second kappa shape index (κ2) is 13.5. The summed E-state index contributed by atoms with van der Waals surface area (Å²) in [5.74, 6) is 2.18. The zero-order valence-corrected chi connectivity index (χ0v) is 21.0. The fourth-order valence-electron chi connectivity index (χ4n) is 3.31. The summed E-state index contributed by atoms with van der Waals surface area (Å²) in [6.45, 7) is 0. The number of nitrogens with zero attached hydrogens (tertiary/aromatic N) is 2. The van der Waals surface area contributed by atoms with Crippen molar-refractivity contribution < 1.29 is 17.8 Å². The van der Waals surface area contributed by atoms with E-state index in [1.54, 1.807) is 36.7 Å². The second-order valence-corrected chi connectivity index (χ2v) is 8.33. The largest absolute Gasteiger partial charge is 0.881 e. The molecule has 0 saturated heterocycles. The Kier molecular flexibility index (Phi) is 9.31. The Morgan fingerprint density at radius 3 is 1.27 bits per heavy atom. The number of para-hydroxylation sites is 4. The van der Waals surface area contributed by atoms with Gasteiger partial charge >= 0.3 is 15.9 Å². The average molecular weight is 504 g/mol. The molecule has 0 spiro atoms. The lowest BCUT2D eigenvalue weighted by molar-refractivity contribution is 0.459. The molecule has 6 aromatic rings. The molecule has 4 aromatic carbocycles. The van der Waals surface area contributed by atoms with Crippen molar-refractivity contribution in [2.24, 2.45) is 0 Å². The molecule has 0 fully saturated rings. The monoisotopic (exact) mass is 503 g/mol. The first-order valence-corrected chi connectivity index (χ1v) is 12.5.